The summed E-state index contributed by atoms with van der Waals surface area (Å²) >= 11 is 0. The first-order chi connectivity index (χ1) is 47.7. The van der Waals surface area contributed by atoms with Gasteiger partial charge in [0, 0.05) is 25.7 Å². The molecule has 3 N–H and O–H groups in total. The summed E-state index contributed by atoms with van der Waals surface area (Å²) < 4.78 is 68.5. The first kappa shape index (κ1) is 94.5. The molecular weight excluding hydrogens is 1280 g/mol. The summed E-state index contributed by atoms with van der Waals surface area (Å²) in [5.74, 6) is -2.23. The van der Waals surface area contributed by atoms with Gasteiger partial charge < -0.3 is 33.8 Å². The van der Waals surface area contributed by atoms with E-state index >= 15 is 0 Å². The maximum absolute atomic E-state index is 13.1. The number of phosphoric acid groups is 2. The van der Waals surface area contributed by atoms with Crippen molar-refractivity contribution in [3.8, 4) is 0 Å². The maximum Gasteiger partial charge on any atom is 0.472 e. The molecule has 5 atom stereocenters. The number of unbranched alkanes of at least 4 members (excludes halogenated alkanes) is 36. The number of aliphatic hydroxyl groups is 1. The van der Waals surface area contributed by atoms with E-state index in [1.54, 1.807) is 0 Å². The second-order valence-corrected chi connectivity index (χ2v) is 29.2. The first-order valence-electron chi connectivity index (χ1n) is 39.2. The summed E-state index contributed by atoms with van der Waals surface area (Å²) in [4.78, 5) is 72.8. The van der Waals surface area contributed by atoms with Gasteiger partial charge in [-0.05, 0) is 116 Å². The third-order valence-corrected chi connectivity index (χ3v) is 18.5. The van der Waals surface area contributed by atoms with E-state index in [4.69, 9.17) is 37.0 Å². The molecule has 0 saturated carbocycles. The topological polar surface area (TPSA) is 237 Å². The highest BCUT2D eigenvalue weighted by Crippen LogP contribution is 2.45. The number of carbonyl (C=O) groups excluding carboxylic acids is 4. The Kier molecular flexibility index (Phi) is 69.3. The summed E-state index contributed by atoms with van der Waals surface area (Å²) in [7, 11) is -9.95. The Morgan fingerprint density at radius 3 is 0.847 bits per heavy atom. The van der Waals surface area contributed by atoms with Crippen molar-refractivity contribution in [3.05, 3.63) is 72.9 Å². The van der Waals surface area contributed by atoms with Crippen molar-refractivity contribution >= 4 is 39.5 Å². The lowest BCUT2D eigenvalue weighted by Crippen LogP contribution is -2.30. The number of hydrogen-bond acceptors (Lipinski definition) is 15. The van der Waals surface area contributed by atoms with Crippen molar-refractivity contribution in [2.75, 3.05) is 39.6 Å². The van der Waals surface area contributed by atoms with Crippen LogP contribution < -0.4 is 0 Å². The molecule has 0 fully saturated rings. The molecule has 0 heterocycles. The van der Waals surface area contributed by atoms with Crippen LogP contribution >= 0.6 is 15.6 Å². The summed E-state index contributed by atoms with van der Waals surface area (Å²) in [6.07, 6.45) is 71.8. The Morgan fingerprint density at radius 2 is 0.510 bits per heavy atom. The van der Waals surface area contributed by atoms with Gasteiger partial charge in [0.2, 0.25) is 0 Å². The van der Waals surface area contributed by atoms with Crippen LogP contribution in [-0.2, 0) is 65.4 Å². The van der Waals surface area contributed by atoms with Crippen LogP contribution in [-0.4, -0.2) is 96.7 Å². The van der Waals surface area contributed by atoms with Gasteiger partial charge in [-0.15, -0.1) is 0 Å². The van der Waals surface area contributed by atoms with Crippen LogP contribution in [0.2, 0.25) is 0 Å². The van der Waals surface area contributed by atoms with Crippen LogP contribution in [0, 0.1) is 0 Å². The number of hydrogen-bond donors (Lipinski definition) is 3. The van der Waals surface area contributed by atoms with Gasteiger partial charge in [-0.25, -0.2) is 9.13 Å². The van der Waals surface area contributed by atoms with E-state index in [2.05, 4.69) is 88.5 Å². The molecule has 570 valence electrons. The zero-order valence-electron chi connectivity index (χ0n) is 62.2. The molecule has 17 nitrogen and oxygen atoms in total. The van der Waals surface area contributed by atoms with Crippen molar-refractivity contribution in [2.24, 2.45) is 0 Å². The summed E-state index contributed by atoms with van der Waals surface area (Å²) in [5, 5.41) is 10.6. The molecule has 0 amide bonds. The van der Waals surface area contributed by atoms with Gasteiger partial charge in [0.15, 0.2) is 12.2 Å². The normalized spacial score (nSPS) is 14.3. The fourth-order valence-corrected chi connectivity index (χ4v) is 12.2. The highest BCUT2D eigenvalue weighted by molar-refractivity contribution is 7.47. The second kappa shape index (κ2) is 71.9. The zero-order chi connectivity index (χ0) is 71.8. The molecule has 98 heavy (non-hydrogen) atoms. The number of ether oxygens (including phenoxy) is 4. The molecule has 2 unspecified atom stereocenters. The molecule has 0 aliphatic rings. The quantitative estimate of drug-likeness (QED) is 0.0169. The third-order valence-electron chi connectivity index (χ3n) is 16.6. The van der Waals surface area contributed by atoms with E-state index < -0.39 is 97.5 Å². The van der Waals surface area contributed by atoms with Crippen molar-refractivity contribution in [3.63, 3.8) is 0 Å². The minimum absolute atomic E-state index is 0.0756. The number of aliphatic hydroxyl groups excluding tert-OH is 1. The van der Waals surface area contributed by atoms with Crippen LogP contribution in [0.15, 0.2) is 72.9 Å². The van der Waals surface area contributed by atoms with Gasteiger partial charge in [0.25, 0.3) is 0 Å². The highest BCUT2D eigenvalue weighted by atomic mass is 31.2. The highest BCUT2D eigenvalue weighted by Gasteiger charge is 2.30. The van der Waals surface area contributed by atoms with Crippen LogP contribution in [0.1, 0.15) is 349 Å². The molecule has 0 aromatic heterocycles. The molecule has 0 rings (SSSR count). The average molecular weight is 1430 g/mol. The molecule has 0 saturated heterocycles. The predicted octanol–water partition coefficient (Wildman–Crippen LogP) is 22.4. The van der Waals surface area contributed by atoms with Gasteiger partial charge in [-0.3, -0.25) is 37.3 Å². The van der Waals surface area contributed by atoms with Crippen molar-refractivity contribution in [2.45, 2.75) is 367 Å². The minimum Gasteiger partial charge on any atom is -0.462 e. The molecule has 0 bridgehead atoms. The standard InChI is InChI=1S/C79H142O17P2/c1-5-9-13-17-21-25-29-33-35-36-38-41-44-48-52-56-60-64-77(82)90-70-74(95-78(83)65-61-57-53-49-45-40-32-28-24-20-16-12-8-4)71-93-97(85,86)91-67-73(80)68-92-98(87,88)94-72-75(69-89-76(81)63-59-55-51-47-43-39-31-27-23-19-15-11-7-3)96-79(84)66-62-58-54-50-46-42-37-34-30-26-22-18-14-10-6-2/h21,25,27-28,31-33,35,38,41,48,52,73-75,80H,5-20,22-24,26,29-30,34,36-37,39-40,42-47,49-51,53-72H2,1-4H3,(H,85,86)(H,87,88)/b25-21-,31-27-,32-28-,35-33-,41-38-,52-48-/t73-,74-,75-/m1/s1. The summed E-state index contributed by atoms with van der Waals surface area (Å²) in [6, 6.07) is 0. The number of carbonyl (C=O) groups is 4. The number of allylic oxidation sites excluding steroid dienone is 12. The number of esters is 4. The van der Waals surface area contributed by atoms with Crippen LogP contribution in [0.25, 0.3) is 0 Å². The molecule has 0 aromatic rings. The number of rotatable bonds is 74. The smallest absolute Gasteiger partial charge is 0.462 e. The van der Waals surface area contributed by atoms with E-state index in [0.717, 1.165) is 128 Å². The lowest BCUT2D eigenvalue weighted by Gasteiger charge is -2.21. The average Bonchev–Trinajstić information content (AvgIpc) is 0.962. The second-order valence-electron chi connectivity index (χ2n) is 26.3. The monoisotopic (exact) mass is 1420 g/mol. The predicted molar refractivity (Wildman–Crippen MR) is 400 cm³/mol. The van der Waals surface area contributed by atoms with Crippen LogP contribution in [0.5, 0.6) is 0 Å². The third kappa shape index (κ3) is 70.9. The molecule has 0 aliphatic carbocycles. The van der Waals surface area contributed by atoms with Gasteiger partial charge in [-0.1, -0.05) is 280 Å². The van der Waals surface area contributed by atoms with Gasteiger partial charge in [0.1, 0.15) is 19.3 Å². The molecular formula is C79H142O17P2. The summed E-state index contributed by atoms with van der Waals surface area (Å²) in [5.41, 5.74) is 0. The zero-order valence-corrected chi connectivity index (χ0v) is 64.0. The van der Waals surface area contributed by atoms with Crippen molar-refractivity contribution in [1.29, 1.82) is 0 Å². The lowest BCUT2D eigenvalue weighted by atomic mass is 10.0. The van der Waals surface area contributed by atoms with E-state index in [-0.39, 0.29) is 25.7 Å². The van der Waals surface area contributed by atoms with E-state index in [9.17, 15) is 43.2 Å². The molecule has 19 heteroatoms. The van der Waals surface area contributed by atoms with Crippen LogP contribution in [0.3, 0.4) is 0 Å². The van der Waals surface area contributed by atoms with Gasteiger partial charge >= 0.3 is 39.5 Å². The number of phosphoric ester groups is 2. The minimum atomic E-state index is -4.98. The Morgan fingerprint density at radius 1 is 0.286 bits per heavy atom. The van der Waals surface area contributed by atoms with E-state index in [1.807, 2.05) is 12.2 Å². The lowest BCUT2D eigenvalue weighted by molar-refractivity contribution is -0.161. The largest absolute Gasteiger partial charge is 0.472 e. The fraction of sp³-hybridized carbons (Fsp3) is 0.797. The van der Waals surface area contributed by atoms with E-state index in [1.165, 1.54) is 135 Å². The summed E-state index contributed by atoms with van der Waals surface area (Å²) in [6.45, 7) is 4.79. The SMILES string of the molecule is CCCCC/C=C\C/C=C\C/C=C\C/C=C\CCCC(=O)OC[C@H](COP(=O)(O)OC[C@@H](O)COP(=O)(O)OC[C@@H](COC(=O)CCCCCCC/C=C\CCCCCC)OC(=O)CCCCCCCCCCCCCCCCC)OC(=O)CCCCCCC/C=C\CCCCCC. The van der Waals surface area contributed by atoms with Gasteiger partial charge in [0.05, 0.1) is 26.4 Å². The molecule has 0 aliphatic heterocycles. The first-order valence-corrected chi connectivity index (χ1v) is 42.2. The Bertz CT molecular complexity index is 2140. The van der Waals surface area contributed by atoms with Gasteiger partial charge in [-0.2, -0.15) is 0 Å². The molecule has 0 spiro atoms. The van der Waals surface area contributed by atoms with Crippen LogP contribution in [0.4, 0.5) is 0 Å². The Hall–Kier alpha value is -3.50. The fourth-order valence-electron chi connectivity index (χ4n) is 10.6. The van der Waals surface area contributed by atoms with Crippen molar-refractivity contribution in [1.82, 2.24) is 0 Å². The Balaban J connectivity index is 5.37. The molecule has 0 radical (unpaired) electrons. The van der Waals surface area contributed by atoms with Crippen molar-refractivity contribution < 1.29 is 80.2 Å². The Labute approximate surface area is 596 Å². The maximum atomic E-state index is 13.1. The molecule has 0 aromatic carbocycles. The van der Waals surface area contributed by atoms with E-state index in [0.29, 0.717) is 32.1 Å².